The lowest BCUT2D eigenvalue weighted by atomic mass is 10.3. The molecule has 1 fully saturated rings. The minimum absolute atomic E-state index is 0.250. The van der Waals surface area contributed by atoms with Crippen LogP contribution in [0.1, 0.15) is 13.3 Å². The Morgan fingerprint density at radius 3 is 2.31 bits per heavy atom. The van der Waals surface area contributed by atoms with Crippen molar-refractivity contribution in [2.45, 2.75) is 18.6 Å². The molecule has 1 unspecified atom stereocenters. The Morgan fingerprint density at radius 1 is 1.54 bits per heavy atom. The van der Waals surface area contributed by atoms with Gasteiger partial charge >= 0.3 is 0 Å². The highest BCUT2D eigenvalue weighted by atomic mass is 32.3. The Labute approximate surface area is 82.3 Å². The zero-order valence-corrected chi connectivity index (χ0v) is 9.78. The van der Waals surface area contributed by atoms with Gasteiger partial charge in [0.05, 0.1) is 0 Å². The fourth-order valence-corrected chi connectivity index (χ4v) is 3.34. The Bertz CT molecular complexity index is 242. The summed E-state index contributed by atoms with van der Waals surface area (Å²) in [6, 6.07) is 0. The molecule has 76 valence electrons. The fourth-order valence-electron chi connectivity index (χ4n) is 1.76. The number of likely N-dealkylation sites (tertiary alicyclic amines) is 1. The first-order valence-corrected chi connectivity index (χ1v) is 7.46. The van der Waals surface area contributed by atoms with Crippen molar-refractivity contribution in [3.05, 3.63) is 12.3 Å². The van der Waals surface area contributed by atoms with Gasteiger partial charge in [-0.3, -0.25) is 4.79 Å². The van der Waals surface area contributed by atoms with Crippen LogP contribution in [-0.2, 0) is 4.79 Å². The predicted molar refractivity (Wildman–Crippen MR) is 60.3 cm³/mol. The summed E-state index contributed by atoms with van der Waals surface area (Å²) in [6.45, 7) is 6.80. The average Bonchev–Trinajstić information content (AvgIpc) is 2.25. The molecule has 1 amide bonds. The van der Waals surface area contributed by atoms with Crippen LogP contribution < -0.4 is 0 Å². The summed E-state index contributed by atoms with van der Waals surface area (Å²) in [4.78, 5) is 13.4. The van der Waals surface area contributed by atoms with Gasteiger partial charge in [-0.15, -0.1) is 0 Å². The van der Waals surface area contributed by atoms with Crippen molar-refractivity contribution in [2.24, 2.45) is 0 Å². The topological polar surface area (TPSA) is 20.3 Å². The highest BCUT2D eigenvalue weighted by Gasteiger charge is 2.37. The smallest absolute Gasteiger partial charge is 0.228 e. The number of carbonyl (C=O) groups excluding carboxylic acids is 1. The van der Waals surface area contributed by atoms with Crippen molar-refractivity contribution in [3.8, 4) is 0 Å². The van der Waals surface area contributed by atoms with Gasteiger partial charge in [0, 0.05) is 23.9 Å². The molecule has 13 heavy (non-hydrogen) atoms. The van der Waals surface area contributed by atoms with Crippen LogP contribution in [0.5, 0.6) is 0 Å². The lowest BCUT2D eigenvalue weighted by Gasteiger charge is -2.33. The SMILES string of the molecule is C=C1C(S(C)(C)C)CC(=O)N1CC. The maximum atomic E-state index is 11.6. The van der Waals surface area contributed by atoms with Crippen LogP contribution in [0.3, 0.4) is 0 Å². The Morgan fingerprint density at radius 2 is 2.08 bits per heavy atom. The van der Waals surface area contributed by atoms with E-state index in [0.29, 0.717) is 11.7 Å². The van der Waals surface area contributed by atoms with Gasteiger partial charge in [-0.05, 0) is 25.7 Å². The molecule has 1 atom stereocenters. The molecule has 0 aliphatic carbocycles. The summed E-state index contributed by atoms with van der Waals surface area (Å²) >= 11 is 0. The van der Waals surface area contributed by atoms with Crippen LogP contribution >= 0.6 is 10.0 Å². The van der Waals surface area contributed by atoms with E-state index >= 15 is 0 Å². The third-order valence-corrected chi connectivity index (χ3v) is 4.70. The maximum Gasteiger partial charge on any atom is 0.228 e. The number of hydrogen-bond donors (Lipinski definition) is 0. The molecule has 2 nitrogen and oxygen atoms in total. The van der Waals surface area contributed by atoms with Crippen molar-refractivity contribution in [2.75, 3.05) is 25.3 Å². The molecule has 1 aliphatic heterocycles. The predicted octanol–water partition coefficient (Wildman–Crippen LogP) is 1.81. The standard InChI is InChI=1S/C10H19NOS/c1-6-11-8(2)9(7-10(11)12)13(3,4)5/h9H,2,6-7H2,1,3-5H3. The van der Waals surface area contributed by atoms with E-state index in [9.17, 15) is 4.79 Å². The number of nitrogens with zero attached hydrogens (tertiary/aromatic N) is 1. The Balaban J connectivity index is 2.85. The van der Waals surface area contributed by atoms with E-state index in [1.807, 2.05) is 11.8 Å². The van der Waals surface area contributed by atoms with Crippen LogP contribution in [0.4, 0.5) is 0 Å². The van der Waals surface area contributed by atoms with Crippen molar-refractivity contribution >= 4 is 15.9 Å². The van der Waals surface area contributed by atoms with E-state index in [-0.39, 0.29) is 5.91 Å². The first-order chi connectivity index (χ1) is 5.88. The van der Waals surface area contributed by atoms with Gasteiger partial charge < -0.3 is 4.90 Å². The molecule has 0 bridgehead atoms. The van der Waals surface area contributed by atoms with E-state index in [0.717, 1.165) is 12.2 Å². The summed E-state index contributed by atoms with van der Waals surface area (Å²) in [7, 11) is -0.690. The van der Waals surface area contributed by atoms with Gasteiger partial charge in [-0.25, -0.2) is 10.0 Å². The molecule has 0 aromatic rings. The van der Waals surface area contributed by atoms with E-state index in [1.54, 1.807) is 0 Å². The van der Waals surface area contributed by atoms with Crippen molar-refractivity contribution in [1.29, 1.82) is 0 Å². The molecule has 0 aromatic heterocycles. The zero-order chi connectivity index (χ0) is 10.2. The van der Waals surface area contributed by atoms with Crippen LogP contribution in [0, 0.1) is 0 Å². The van der Waals surface area contributed by atoms with Gasteiger partial charge in [0.1, 0.15) is 0 Å². The molecule has 1 aliphatic rings. The van der Waals surface area contributed by atoms with Crippen LogP contribution in [-0.4, -0.2) is 41.4 Å². The van der Waals surface area contributed by atoms with E-state index in [4.69, 9.17) is 0 Å². The van der Waals surface area contributed by atoms with E-state index in [1.165, 1.54) is 0 Å². The Hall–Kier alpha value is -0.440. The minimum Gasteiger partial charge on any atom is -0.316 e. The van der Waals surface area contributed by atoms with Crippen molar-refractivity contribution in [1.82, 2.24) is 4.90 Å². The van der Waals surface area contributed by atoms with Crippen molar-refractivity contribution in [3.63, 3.8) is 0 Å². The summed E-state index contributed by atoms with van der Waals surface area (Å²) < 4.78 is 0. The highest BCUT2D eigenvalue weighted by molar-refractivity contribution is 8.32. The normalized spacial score (nSPS) is 25.5. The molecule has 0 saturated carbocycles. The minimum atomic E-state index is -0.690. The van der Waals surface area contributed by atoms with Gasteiger partial charge in [-0.1, -0.05) is 6.58 Å². The van der Waals surface area contributed by atoms with Crippen molar-refractivity contribution < 1.29 is 4.79 Å². The highest BCUT2D eigenvalue weighted by Crippen LogP contribution is 2.49. The monoisotopic (exact) mass is 201 g/mol. The van der Waals surface area contributed by atoms with Crippen LogP contribution in [0.15, 0.2) is 12.3 Å². The molecular formula is C10H19NOS. The molecular weight excluding hydrogens is 182 g/mol. The van der Waals surface area contributed by atoms with Gasteiger partial charge in [0.2, 0.25) is 5.91 Å². The molecule has 0 radical (unpaired) electrons. The maximum absolute atomic E-state index is 11.6. The lowest BCUT2D eigenvalue weighted by Crippen LogP contribution is -2.23. The third kappa shape index (κ3) is 1.90. The number of carbonyl (C=O) groups is 1. The van der Waals surface area contributed by atoms with E-state index < -0.39 is 10.0 Å². The Kier molecular flexibility index (Phi) is 2.76. The van der Waals surface area contributed by atoms with Crippen LogP contribution in [0.25, 0.3) is 0 Å². The zero-order valence-electron chi connectivity index (χ0n) is 8.96. The summed E-state index contributed by atoms with van der Waals surface area (Å²) in [5.74, 6) is 0.250. The van der Waals surface area contributed by atoms with E-state index in [2.05, 4.69) is 25.3 Å². The largest absolute Gasteiger partial charge is 0.316 e. The summed E-state index contributed by atoms with van der Waals surface area (Å²) in [6.07, 6.45) is 7.41. The number of hydrogen-bond acceptors (Lipinski definition) is 1. The summed E-state index contributed by atoms with van der Waals surface area (Å²) in [5.41, 5.74) is 1.04. The fraction of sp³-hybridized carbons (Fsp3) is 0.700. The average molecular weight is 201 g/mol. The first kappa shape index (κ1) is 10.6. The quantitative estimate of drug-likeness (QED) is 0.667. The summed E-state index contributed by atoms with van der Waals surface area (Å²) in [5, 5.41) is 0.403. The van der Waals surface area contributed by atoms with Gasteiger partial charge in [-0.2, -0.15) is 0 Å². The van der Waals surface area contributed by atoms with Gasteiger partial charge in [0.15, 0.2) is 0 Å². The second kappa shape index (κ2) is 3.37. The lowest BCUT2D eigenvalue weighted by molar-refractivity contribution is -0.126. The first-order valence-electron chi connectivity index (χ1n) is 4.54. The second-order valence-electron chi connectivity index (χ2n) is 4.25. The van der Waals surface area contributed by atoms with Gasteiger partial charge in [0.25, 0.3) is 0 Å². The number of amides is 1. The molecule has 1 saturated heterocycles. The number of rotatable bonds is 2. The molecule has 1 heterocycles. The molecule has 0 N–H and O–H groups in total. The second-order valence-corrected chi connectivity index (χ2v) is 8.69. The third-order valence-electron chi connectivity index (χ3n) is 2.55. The molecule has 3 heteroatoms. The molecule has 1 rings (SSSR count). The van der Waals surface area contributed by atoms with Crippen LogP contribution in [0.2, 0.25) is 0 Å². The molecule has 0 spiro atoms. The molecule has 0 aromatic carbocycles.